The monoisotopic (exact) mass is 368 g/mol. The molecular weight excluding hydrogens is 340 g/mol. The van der Waals surface area contributed by atoms with Gasteiger partial charge in [-0.15, -0.1) is 10.2 Å². The number of aryl methyl sites for hydroxylation is 2. The number of aromatic nitrogens is 5. The summed E-state index contributed by atoms with van der Waals surface area (Å²) in [5, 5.41) is 19.7. The summed E-state index contributed by atoms with van der Waals surface area (Å²) in [6.45, 7) is 8.29. The van der Waals surface area contributed by atoms with Gasteiger partial charge in [0.1, 0.15) is 0 Å². The van der Waals surface area contributed by atoms with Crippen molar-refractivity contribution < 1.29 is 0 Å². The van der Waals surface area contributed by atoms with Gasteiger partial charge in [-0.1, -0.05) is 19.9 Å². The predicted molar refractivity (Wildman–Crippen MR) is 107 cm³/mol. The van der Waals surface area contributed by atoms with Crippen LogP contribution in [0.1, 0.15) is 43.5 Å². The van der Waals surface area contributed by atoms with E-state index in [0.29, 0.717) is 13.1 Å². The predicted octanol–water partition coefficient (Wildman–Crippen LogP) is 1.84. The molecule has 0 unspecified atom stereocenters. The van der Waals surface area contributed by atoms with Crippen molar-refractivity contribution in [3.8, 4) is 0 Å². The third-order valence-electron chi connectivity index (χ3n) is 4.57. The van der Waals surface area contributed by atoms with Gasteiger partial charge in [-0.3, -0.25) is 9.08 Å². The van der Waals surface area contributed by atoms with E-state index in [1.54, 1.807) is 0 Å². The van der Waals surface area contributed by atoms with Gasteiger partial charge >= 0.3 is 0 Å². The molecule has 3 heterocycles. The molecule has 3 aromatic heterocycles. The standard InChI is InChI=1S/C19H28N8/c1-5-15-14(16(6-2)26(4)25-15)12-21-19(20-7-3)22-13-18-24-23-17-10-8-9-11-27(17)18/h8-11H,5-7,12-13H2,1-4H3,(H2,20,21,22). The summed E-state index contributed by atoms with van der Waals surface area (Å²) >= 11 is 0. The summed E-state index contributed by atoms with van der Waals surface area (Å²) < 4.78 is 3.95. The van der Waals surface area contributed by atoms with Crippen LogP contribution in [-0.4, -0.2) is 36.9 Å². The molecule has 27 heavy (non-hydrogen) atoms. The van der Waals surface area contributed by atoms with Crippen molar-refractivity contribution >= 4 is 11.6 Å². The number of guanidine groups is 1. The fourth-order valence-corrected chi connectivity index (χ4v) is 3.25. The van der Waals surface area contributed by atoms with E-state index in [1.807, 2.05) is 40.5 Å². The van der Waals surface area contributed by atoms with Crippen LogP contribution in [0.15, 0.2) is 29.4 Å². The Morgan fingerprint density at radius 2 is 1.96 bits per heavy atom. The smallest absolute Gasteiger partial charge is 0.191 e. The van der Waals surface area contributed by atoms with Gasteiger partial charge in [-0.25, -0.2) is 4.99 Å². The van der Waals surface area contributed by atoms with Crippen LogP contribution in [0.2, 0.25) is 0 Å². The molecule has 3 rings (SSSR count). The molecule has 0 aliphatic carbocycles. The highest BCUT2D eigenvalue weighted by Crippen LogP contribution is 2.16. The fourth-order valence-electron chi connectivity index (χ4n) is 3.25. The highest BCUT2D eigenvalue weighted by Gasteiger charge is 2.13. The molecule has 0 bridgehead atoms. The van der Waals surface area contributed by atoms with Gasteiger partial charge in [0.25, 0.3) is 0 Å². The number of aliphatic imine (C=N–C) groups is 1. The van der Waals surface area contributed by atoms with Crippen LogP contribution in [0, 0.1) is 0 Å². The van der Waals surface area contributed by atoms with Crippen molar-refractivity contribution in [2.75, 3.05) is 6.54 Å². The second-order valence-corrected chi connectivity index (χ2v) is 6.30. The number of nitrogens with zero attached hydrogens (tertiary/aromatic N) is 6. The van der Waals surface area contributed by atoms with E-state index in [0.717, 1.165) is 42.5 Å². The van der Waals surface area contributed by atoms with Crippen LogP contribution in [-0.2, 0) is 33.0 Å². The molecule has 144 valence electrons. The molecular formula is C19H28N8. The van der Waals surface area contributed by atoms with Gasteiger partial charge in [-0.2, -0.15) is 5.10 Å². The highest BCUT2D eigenvalue weighted by molar-refractivity contribution is 5.79. The highest BCUT2D eigenvalue weighted by atomic mass is 15.3. The zero-order valence-corrected chi connectivity index (χ0v) is 16.5. The quantitative estimate of drug-likeness (QED) is 0.491. The Morgan fingerprint density at radius 1 is 1.11 bits per heavy atom. The summed E-state index contributed by atoms with van der Waals surface area (Å²) in [6, 6.07) is 5.87. The Hall–Kier alpha value is -2.90. The lowest BCUT2D eigenvalue weighted by atomic mass is 10.1. The lowest BCUT2D eigenvalue weighted by Gasteiger charge is -2.11. The first-order chi connectivity index (χ1) is 13.2. The molecule has 0 saturated heterocycles. The van der Waals surface area contributed by atoms with E-state index in [9.17, 15) is 0 Å². The average molecular weight is 368 g/mol. The molecule has 0 radical (unpaired) electrons. The van der Waals surface area contributed by atoms with Crippen LogP contribution in [0.3, 0.4) is 0 Å². The zero-order valence-electron chi connectivity index (χ0n) is 16.5. The maximum Gasteiger partial charge on any atom is 0.191 e. The summed E-state index contributed by atoms with van der Waals surface area (Å²) in [7, 11) is 2.01. The van der Waals surface area contributed by atoms with Gasteiger partial charge < -0.3 is 10.6 Å². The van der Waals surface area contributed by atoms with E-state index in [4.69, 9.17) is 4.99 Å². The molecule has 0 aliphatic heterocycles. The Morgan fingerprint density at radius 3 is 2.70 bits per heavy atom. The van der Waals surface area contributed by atoms with E-state index < -0.39 is 0 Å². The fraction of sp³-hybridized carbons (Fsp3) is 0.474. The number of hydrogen-bond donors (Lipinski definition) is 2. The first-order valence-electron chi connectivity index (χ1n) is 9.52. The molecule has 0 atom stereocenters. The van der Waals surface area contributed by atoms with Crippen molar-refractivity contribution in [2.24, 2.45) is 12.0 Å². The minimum absolute atomic E-state index is 0.547. The molecule has 0 fully saturated rings. The molecule has 0 aromatic carbocycles. The number of nitrogens with one attached hydrogen (secondary N) is 2. The van der Waals surface area contributed by atoms with E-state index in [1.165, 1.54) is 11.3 Å². The largest absolute Gasteiger partial charge is 0.357 e. The number of pyridine rings is 1. The van der Waals surface area contributed by atoms with Gasteiger partial charge in [0.05, 0.1) is 18.8 Å². The maximum absolute atomic E-state index is 4.78. The van der Waals surface area contributed by atoms with Gasteiger partial charge in [0.2, 0.25) is 0 Å². The first-order valence-corrected chi connectivity index (χ1v) is 9.52. The minimum Gasteiger partial charge on any atom is -0.357 e. The third kappa shape index (κ3) is 4.10. The van der Waals surface area contributed by atoms with Gasteiger partial charge in [-0.05, 0) is 31.9 Å². The van der Waals surface area contributed by atoms with Crippen LogP contribution < -0.4 is 10.6 Å². The zero-order chi connectivity index (χ0) is 19.2. The van der Waals surface area contributed by atoms with Crippen LogP contribution in [0.4, 0.5) is 0 Å². The van der Waals surface area contributed by atoms with Crippen molar-refractivity contribution in [1.82, 2.24) is 35.0 Å². The molecule has 2 N–H and O–H groups in total. The molecule has 8 nitrogen and oxygen atoms in total. The van der Waals surface area contributed by atoms with Crippen molar-refractivity contribution in [1.29, 1.82) is 0 Å². The molecule has 8 heteroatoms. The van der Waals surface area contributed by atoms with E-state index in [2.05, 4.69) is 46.7 Å². The summed E-state index contributed by atoms with van der Waals surface area (Å²) in [5.41, 5.74) is 4.44. The molecule has 0 spiro atoms. The van der Waals surface area contributed by atoms with Crippen molar-refractivity contribution in [3.05, 3.63) is 47.2 Å². The lowest BCUT2D eigenvalue weighted by Crippen LogP contribution is -2.37. The summed E-state index contributed by atoms with van der Waals surface area (Å²) in [6.07, 6.45) is 3.82. The van der Waals surface area contributed by atoms with Crippen molar-refractivity contribution in [2.45, 2.75) is 46.7 Å². The van der Waals surface area contributed by atoms with Crippen LogP contribution in [0.25, 0.3) is 5.65 Å². The lowest BCUT2D eigenvalue weighted by molar-refractivity contribution is 0.703. The van der Waals surface area contributed by atoms with E-state index in [-0.39, 0.29) is 0 Å². The SMILES string of the molecule is CCNC(=NCc1c(CC)nn(C)c1CC)NCc1nnc2ccccn12. The molecule has 0 saturated carbocycles. The Balaban J connectivity index is 1.75. The third-order valence-corrected chi connectivity index (χ3v) is 4.57. The molecule has 0 amide bonds. The second-order valence-electron chi connectivity index (χ2n) is 6.30. The van der Waals surface area contributed by atoms with Crippen LogP contribution >= 0.6 is 0 Å². The Bertz CT molecular complexity index is 921. The number of hydrogen-bond acceptors (Lipinski definition) is 4. The minimum atomic E-state index is 0.547. The first kappa shape index (κ1) is 18.9. The van der Waals surface area contributed by atoms with Crippen molar-refractivity contribution in [3.63, 3.8) is 0 Å². The summed E-state index contributed by atoms with van der Waals surface area (Å²) in [5.74, 6) is 1.61. The normalized spacial score (nSPS) is 11.9. The topological polar surface area (TPSA) is 84.4 Å². The molecule has 3 aromatic rings. The van der Waals surface area contributed by atoms with Crippen LogP contribution in [0.5, 0.6) is 0 Å². The second kappa shape index (κ2) is 8.66. The Kier molecular flexibility index (Phi) is 6.05. The van der Waals surface area contributed by atoms with E-state index >= 15 is 0 Å². The van der Waals surface area contributed by atoms with Gasteiger partial charge in [0.15, 0.2) is 17.4 Å². The van der Waals surface area contributed by atoms with Gasteiger partial charge in [0, 0.05) is 31.0 Å². The molecule has 0 aliphatic rings. The maximum atomic E-state index is 4.78. The number of fused-ring (bicyclic) bond motifs is 1. The Labute approximate surface area is 159 Å². The average Bonchev–Trinajstić information content (AvgIpc) is 3.24. The summed E-state index contributed by atoms with van der Waals surface area (Å²) in [4.78, 5) is 4.78. The number of rotatable bonds is 7.